The Hall–Kier alpha value is -2.15. The molecule has 0 aliphatic carbocycles. The van der Waals surface area contributed by atoms with E-state index in [2.05, 4.69) is 9.46 Å². The lowest BCUT2D eigenvalue weighted by Crippen LogP contribution is -2.13. The first-order chi connectivity index (χ1) is 9.83. The van der Waals surface area contributed by atoms with Crippen molar-refractivity contribution in [2.45, 2.75) is 11.8 Å². The molecule has 0 heterocycles. The fraction of sp³-hybridized carbons (Fsp3) is 0.143. The van der Waals surface area contributed by atoms with Crippen LogP contribution in [0.2, 0.25) is 0 Å². The minimum absolute atomic E-state index is 0.0248. The number of ether oxygens (including phenoxy) is 1. The summed E-state index contributed by atoms with van der Waals surface area (Å²) in [7, 11) is -2.72. The SMILES string of the molecule is COc1cc(NS(=O)(=O)c2ccc(C)cc2)cc(F)c1F. The molecule has 2 rings (SSSR count). The van der Waals surface area contributed by atoms with Gasteiger partial charge in [0.25, 0.3) is 10.0 Å². The van der Waals surface area contributed by atoms with Gasteiger partial charge in [-0.05, 0) is 19.1 Å². The van der Waals surface area contributed by atoms with E-state index >= 15 is 0 Å². The van der Waals surface area contributed by atoms with Crippen LogP contribution in [0.15, 0.2) is 41.3 Å². The largest absolute Gasteiger partial charge is 0.493 e. The number of halogens is 2. The Morgan fingerprint density at radius 2 is 1.71 bits per heavy atom. The van der Waals surface area contributed by atoms with E-state index in [0.29, 0.717) is 0 Å². The van der Waals surface area contributed by atoms with Crippen molar-refractivity contribution in [3.63, 3.8) is 0 Å². The van der Waals surface area contributed by atoms with Crippen molar-refractivity contribution in [2.75, 3.05) is 11.8 Å². The molecule has 0 saturated heterocycles. The minimum Gasteiger partial charge on any atom is -0.493 e. The normalized spacial score (nSPS) is 11.2. The van der Waals surface area contributed by atoms with Crippen molar-refractivity contribution < 1.29 is 21.9 Å². The van der Waals surface area contributed by atoms with E-state index in [1.54, 1.807) is 12.1 Å². The van der Waals surface area contributed by atoms with Gasteiger partial charge in [0, 0.05) is 12.1 Å². The third kappa shape index (κ3) is 3.30. The van der Waals surface area contributed by atoms with Gasteiger partial charge in [-0.15, -0.1) is 0 Å². The van der Waals surface area contributed by atoms with Crippen molar-refractivity contribution in [1.82, 2.24) is 0 Å². The first kappa shape index (κ1) is 15.2. The molecule has 0 spiro atoms. The fourth-order valence-electron chi connectivity index (χ4n) is 1.70. The number of methoxy groups -OCH3 is 1. The maximum atomic E-state index is 13.4. The van der Waals surface area contributed by atoms with E-state index in [-0.39, 0.29) is 16.3 Å². The Morgan fingerprint density at radius 3 is 2.29 bits per heavy atom. The van der Waals surface area contributed by atoms with Crippen LogP contribution in [0, 0.1) is 18.6 Å². The zero-order chi connectivity index (χ0) is 15.6. The Labute approximate surface area is 121 Å². The van der Waals surface area contributed by atoms with E-state index in [9.17, 15) is 17.2 Å². The molecular weight excluding hydrogens is 300 g/mol. The number of aryl methyl sites for hydroxylation is 1. The van der Waals surface area contributed by atoms with Gasteiger partial charge in [-0.2, -0.15) is 4.39 Å². The number of nitrogens with one attached hydrogen (secondary N) is 1. The summed E-state index contributed by atoms with van der Waals surface area (Å²) in [6.45, 7) is 1.82. The molecule has 0 aliphatic rings. The molecule has 0 saturated carbocycles. The predicted octanol–water partition coefficient (Wildman–Crippen LogP) is 3.08. The first-order valence-electron chi connectivity index (χ1n) is 5.96. The van der Waals surface area contributed by atoms with Gasteiger partial charge in [0.05, 0.1) is 17.7 Å². The Morgan fingerprint density at radius 1 is 1.10 bits per heavy atom. The van der Waals surface area contributed by atoms with Crippen LogP contribution in [0.4, 0.5) is 14.5 Å². The number of rotatable bonds is 4. The quantitative estimate of drug-likeness (QED) is 0.944. The highest BCUT2D eigenvalue weighted by Crippen LogP contribution is 2.26. The Kier molecular flexibility index (Phi) is 4.13. The highest BCUT2D eigenvalue weighted by molar-refractivity contribution is 7.92. The fourth-order valence-corrected chi connectivity index (χ4v) is 2.74. The summed E-state index contributed by atoms with van der Waals surface area (Å²) in [6, 6.07) is 7.96. The molecule has 0 bridgehead atoms. The highest BCUT2D eigenvalue weighted by Gasteiger charge is 2.17. The lowest BCUT2D eigenvalue weighted by atomic mass is 10.2. The molecule has 0 aliphatic heterocycles. The lowest BCUT2D eigenvalue weighted by molar-refractivity contribution is 0.372. The molecule has 21 heavy (non-hydrogen) atoms. The van der Waals surface area contributed by atoms with Crippen LogP contribution < -0.4 is 9.46 Å². The summed E-state index contributed by atoms with van der Waals surface area (Å²) >= 11 is 0. The second kappa shape index (κ2) is 5.69. The van der Waals surface area contributed by atoms with E-state index in [1.165, 1.54) is 12.1 Å². The van der Waals surface area contributed by atoms with Crippen molar-refractivity contribution in [1.29, 1.82) is 0 Å². The average molecular weight is 313 g/mol. The Bertz CT molecular complexity index is 759. The smallest absolute Gasteiger partial charge is 0.261 e. The summed E-state index contributed by atoms with van der Waals surface area (Å²) in [5, 5.41) is 0. The second-order valence-electron chi connectivity index (χ2n) is 4.39. The summed E-state index contributed by atoms with van der Waals surface area (Å²) in [6.07, 6.45) is 0. The van der Waals surface area contributed by atoms with Crippen LogP contribution >= 0.6 is 0 Å². The third-order valence-corrected chi connectivity index (χ3v) is 4.20. The van der Waals surface area contributed by atoms with Crippen LogP contribution in [0.25, 0.3) is 0 Å². The molecule has 112 valence electrons. The molecular formula is C14H13F2NO3S. The molecule has 0 fully saturated rings. The van der Waals surface area contributed by atoms with Gasteiger partial charge >= 0.3 is 0 Å². The molecule has 7 heteroatoms. The lowest BCUT2D eigenvalue weighted by Gasteiger charge is -2.10. The molecule has 0 unspecified atom stereocenters. The van der Waals surface area contributed by atoms with Crippen molar-refractivity contribution >= 4 is 15.7 Å². The third-order valence-electron chi connectivity index (χ3n) is 2.80. The van der Waals surface area contributed by atoms with Gasteiger partial charge in [-0.1, -0.05) is 17.7 Å². The van der Waals surface area contributed by atoms with Gasteiger partial charge in [-0.25, -0.2) is 12.8 Å². The van der Waals surface area contributed by atoms with Crippen LogP contribution in [0.1, 0.15) is 5.56 Å². The summed E-state index contributed by atoms with van der Waals surface area (Å²) in [5.74, 6) is -2.75. The summed E-state index contributed by atoms with van der Waals surface area (Å²) < 4.78 is 57.8. The maximum Gasteiger partial charge on any atom is 0.261 e. The van der Waals surface area contributed by atoms with Crippen molar-refractivity contribution in [2.24, 2.45) is 0 Å². The van der Waals surface area contributed by atoms with E-state index in [0.717, 1.165) is 24.8 Å². The number of sulfonamides is 1. The minimum atomic E-state index is -3.88. The molecule has 0 radical (unpaired) electrons. The predicted molar refractivity (Wildman–Crippen MR) is 74.9 cm³/mol. The van der Waals surface area contributed by atoms with Gasteiger partial charge in [0.1, 0.15) is 0 Å². The zero-order valence-electron chi connectivity index (χ0n) is 11.4. The molecule has 0 amide bonds. The van der Waals surface area contributed by atoms with Crippen LogP contribution in [-0.4, -0.2) is 15.5 Å². The molecule has 0 aromatic heterocycles. The molecule has 2 aromatic carbocycles. The van der Waals surface area contributed by atoms with Gasteiger partial charge in [0.15, 0.2) is 11.6 Å². The average Bonchev–Trinajstić information content (AvgIpc) is 2.42. The summed E-state index contributed by atoms with van der Waals surface area (Å²) in [4.78, 5) is 0.0248. The number of benzene rings is 2. The number of hydrogen-bond acceptors (Lipinski definition) is 3. The van der Waals surface area contributed by atoms with Crippen LogP contribution in [0.5, 0.6) is 5.75 Å². The monoisotopic (exact) mass is 313 g/mol. The second-order valence-corrected chi connectivity index (χ2v) is 6.08. The maximum absolute atomic E-state index is 13.4. The van der Waals surface area contributed by atoms with Gasteiger partial charge < -0.3 is 4.74 Å². The Balaban J connectivity index is 2.37. The molecule has 2 aromatic rings. The van der Waals surface area contributed by atoms with Crippen molar-refractivity contribution in [3.05, 3.63) is 53.6 Å². The standard InChI is InChI=1S/C14H13F2NO3S/c1-9-3-5-11(6-4-9)21(18,19)17-10-7-12(15)14(16)13(8-10)20-2/h3-8,17H,1-2H3. The van der Waals surface area contributed by atoms with E-state index in [4.69, 9.17) is 0 Å². The van der Waals surface area contributed by atoms with E-state index < -0.39 is 21.7 Å². The molecule has 4 nitrogen and oxygen atoms in total. The topological polar surface area (TPSA) is 55.4 Å². The van der Waals surface area contributed by atoms with Gasteiger partial charge in [-0.3, -0.25) is 4.72 Å². The number of anilines is 1. The molecule has 1 N–H and O–H groups in total. The van der Waals surface area contributed by atoms with Crippen molar-refractivity contribution in [3.8, 4) is 5.75 Å². The van der Waals surface area contributed by atoms with Crippen LogP contribution in [-0.2, 0) is 10.0 Å². The highest BCUT2D eigenvalue weighted by atomic mass is 32.2. The number of hydrogen-bond donors (Lipinski definition) is 1. The van der Waals surface area contributed by atoms with Crippen LogP contribution in [0.3, 0.4) is 0 Å². The van der Waals surface area contributed by atoms with Gasteiger partial charge in [0.2, 0.25) is 5.82 Å². The first-order valence-corrected chi connectivity index (χ1v) is 7.44. The van der Waals surface area contributed by atoms with E-state index in [1.807, 2.05) is 6.92 Å². The molecule has 0 atom stereocenters. The summed E-state index contributed by atoms with van der Waals surface area (Å²) in [5.41, 5.74) is 0.787. The zero-order valence-corrected chi connectivity index (χ0v) is 12.2.